The largest absolute Gasteiger partial charge is 0.379 e. The van der Waals surface area contributed by atoms with Gasteiger partial charge < -0.3 is 4.74 Å². The van der Waals surface area contributed by atoms with Crippen molar-refractivity contribution in [3.63, 3.8) is 0 Å². The van der Waals surface area contributed by atoms with Crippen molar-refractivity contribution < 1.29 is 17.5 Å². The molecule has 172 valence electrons. The molecule has 8 nitrogen and oxygen atoms in total. The van der Waals surface area contributed by atoms with Crippen molar-refractivity contribution in [3.8, 4) is 17.5 Å². The zero-order valence-corrected chi connectivity index (χ0v) is 19.4. The third-order valence-electron chi connectivity index (χ3n) is 5.12. The van der Waals surface area contributed by atoms with Gasteiger partial charge in [-0.15, -0.1) is 10.2 Å². The Balaban J connectivity index is 1.70. The minimum atomic E-state index is -3.67. The fraction of sp³-hybridized carbons (Fsp3) is 0.318. The molecule has 1 aliphatic heterocycles. The third-order valence-corrected chi connectivity index (χ3v) is 7.98. The highest BCUT2D eigenvalue weighted by atomic mass is 32.2. The molecule has 0 N–H and O–H groups in total. The van der Waals surface area contributed by atoms with Crippen molar-refractivity contribution in [1.82, 2.24) is 19.1 Å². The minimum absolute atomic E-state index is 0.178. The monoisotopic (exact) mass is 487 g/mol. The lowest BCUT2D eigenvalue weighted by molar-refractivity contribution is 0.0730. The Hall–Kier alpha value is -2.78. The van der Waals surface area contributed by atoms with E-state index in [-0.39, 0.29) is 10.7 Å². The Morgan fingerprint density at radius 2 is 1.88 bits per heavy atom. The van der Waals surface area contributed by atoms with E-state index in [1.54, 1.807) is 36.4 Å². The molecule has 0 unspecified atom stereocenters. The van der Waals surface area contributed by atoms with Gasteiger partial charge in [0.05, 0.1) is 30.7 Å². The lowest BCUT2D eigenvalue weighted by atomic mass is 10.2. The van der Waals surface area contributed by atoms with E-state index in [1.165, 1.54) is 28.2 Å². The average Bonchev–Trinajstić information content (AvgIpc) is 3.23. The molecule has 0 spiro atoms. The Morgan fingerprint density at radius 3 is 2.61 bits per heavy atom. The van der Waals surface area contributed by atoms with E-state index in [0.717, 1.165) is 5.56 Å². The molecule has 4 rings (SSSR count). The van der Waals surface area contributed by atoms with Crippen LogP contribution in [0.2, 0.25) is 0 Å². The topological polar surface area (TPSA) is 101 Å². The fourth-order valence-corrected chi connectivity index (χ4v) is 5.68. The highest BCUT2D eigenvalue weighted by Gasteiger charge is 2.27. The highest BCUT2D eigenvalue weighted by molar-refractivity contribution is 7.99. The summed E-state index contributed by atoms with van der Waals surface area (Å²) in [7, 11) is -3.67. The van der Waals surface area contributed by atoms with Crippen LogP contribution in [0.4, 0.5) is 4.39 Å². The van der Waals surface area contributed by atoms with E-state index in [4.69, 9.17) is 10.00 Å². The van der Waals surface area contributed by atoms with Crippen LogP contribution in [0.15, 0.2) is 58.6 Å². The summed E-state index contributed by atoms with van der Waals surface area (Å²) < 4.78 is 48.1. The van der Waals surface area contributed by atoms with E-state index in [0.29, 0.717) is 61.6 Å². The summed E-state index contributed by atoms with van der Waals surface area (Å²) in [6.45, 7) is 1.74. The molecule has 1 saturated heterocycles. The smallest absolute Gasteiger partial charge is 0.243 e. The van der Waals surface area contributed by atoms with E-state index in [9.17, 15) is 12.8 Å². The second kappa shape index (κ2) is 10.4. The second-order valence-corrected chi connectivity index (χ2v) is 10.3. The number of benzene rings is 2. The number of morpholine rings is 1. The molecule has 0 radical (unpaired) electrons. The van der Waals surface area contributed by atoms with Crippen molar-refractivity contribution in [2.75, 3.05) is 32.1 Å². The summed E-state index contributed by atoms with van der Waals surface area (Å²) in [5.41, 5.74) is 1.45. The molecule has 0 amide bonds. The Kier molecular flexibility index (Phi) is 7.39. The normalized spacial score (nSPS) is 14.8. The fourth-order valence-electron chi connectivity index (χ4n) is 3.44. The van der Waals surface area contributed by atoms with Crippen molar-refractivity contribution >= 4 is 21.8 Å². The number of nitrogens with zero attached hydrogens (tertiary/aromatic N) is 5. The van der Waals surface area contributed by atoms with Crippen LogP contribution < -0.4 is 0 Å². The highest BCUT2D eigenvalue weighted by Crippen LogP contribution is 2.28. The lowest BCUT2D eigenvalue weighted by Gasteiger charge is -2.26. The summed E-state index contributed by atoms with van der Waals surface area (Å²) in [4.78, 5) is 0.178. The molecule has 0 atom stereocenters. The summed E-state index contributed by atoms with van der Waals surface area (Å²) in [5.74, 6) is 0.717. The SMILES string of the molecule is N#CCCSc1nnc(-c2cccc(S(=O)(=O)N3CCOCC3)c2)n1Cc1ccc(F)cc1. The van der Waals surface area contributed by atoms with Crippen molar-refractivity contribution in [1.29, 1.82) is 5.26 Å². The molecule has 0 saturated carbocycles. The summed E-state index contributed by atoms with van der Waals surface area (Å²) in [6.07, 6.45) is 0.358. The van der Waals surface area contributed by atoms with Crippen LogP contribution in [-0.2, 0) is 21.3 Å². The maximum atomic E-state index is 13.4. The maximum Gasteiger partial charge on any atom is 0.243 e. The van der Waals surface area contributed by atoms with Gasteiger partial charge in [0.25, 0.3) is 0 Å². The van der Waals surface area contributed by atoms with Gasteiger partial charge in [-0.25, -0.2) is 12.8 Å². The number of thioether (sulfide) groups is 1. The van der Waals surface area contributed by atoms with E-state index >= 15 is 0 Å². The second-order valence-electron chi connectivity index (χ2n) is 7.32. The number of halogens is 1. The summed E-state index contributed by atoms with van der Waals surface area (Å²) >= 11 is 1.39. The number of hydrogen-bond acceptors (Lipinski definition) is 7. The zero-order chi connectivity index (χ0) is 23.3. The molecule has 2 aromatic carbocycles. The van der Waals surface area contributed by atoms with Gasteiger partial charge in [0.1, 0.15) is 5.82 Å². The molecule has 1 aromatic heterocycles. The lowest BCUT2D eigenvalue weighted by Crippen LogP contribution is -2.40. The maximum absolute atomic E-state index is 13.4. The molecule has 33 heavy (non-hydrogen) atoms. The summed E-state index contributed by atoms with van der Waals surface area (Å²) in [6, 6.07) is 14.9. The Labute approximate surface area is 196 Å². The molecule has 3 aromatic rings. The number of ether oxygens (including phenoxy) is 1. The zero-order valence-electron chi connectivity index (χ0n) is 17.7. The van der Waals surface area contributed by atoms with Gasteiger partial charge in [0.15, 0.2) is 11.0 Å². The summed E-state index contributed by atoms with van der Waals surface area (Å²) in [5, 5.41) is 18.1. The van der Waals surface area contributed by atoms with Gasteiger partial charge in [-0.05, 0) is 29.8 Å². The third kappa shape index (κ3) is 5.42. The molecule has 1 fully saturated rings. The Morgan fingerprint density at radius 1 is 1.12 bits per heavy atom. The predicted molar refractivity (Wildman–Crippen MR) is 121 cm³/mol. The molecular weight excluding hydrogens is 465 g/mol. The first kappa shape index (κ1) is 23.4. The molecular formula is C22H22FN5O3S2. The number of hydrogen-bond donors (Lipinski definition) is 0. The van der Waals surface area contributed by atoms with Crippen LogP contribution in [0, 0.1) is 17.1 Å². The van der Waals surface area contributed by atoms with Crippen LogP contribution in [0.1, 0.15) is 12.0 Å². The first-order valence-electron chi connectivity index (χ1n) is 10.3. The van der Waals surface area contributed by atoms with Crippen LogP contribution in [-0.4, -0.2) is 59.5 Å². The van der Waals surface area contributed by atoms with Crippen LogP contribution in [0.25, 0.3) is 11.4 Å². The molecule has 2 heterocycles. The first-order chi connectivity index (χ1) is 16.0. The van der Waals surface area contributed by atoms with E-state index in [1.807, 2.05) is 4.57 Å². The number of sulfonamides is 1. The first-order valence-corrected chi connectivity index (χ1v) is 12.8. The molecule has 1 aliphatic rings. The van der Waals surface area contributed by atoms with E-state index in [2.05, 4.69) is 16.3 Å². The van der Waals surface area contributed by atoms with Crippen molar-refractivity contribution in [2.45, 2.75) is 23.0 Å². The standard InChI is InChI=1S/C22H22FN5O3S2/c23-19-7-5-17(6-8-19)16-28-21(25-26-22(28)32-14-2-9-24)18-3-1-4-20(15-18)33(29,30)27-10-12-31-13-11-27/h1,3-8,15H,2,10-14,16H2. The van der Waals surface area contributed by atoms with Crippen LogP contribution >= 0.6 is 11.8 Å². The molecule has 0 aliphatic carbocycles. The Bertz CT molecular complexity index is 1250. The molecule has 0 bridgehead atoms. The van der Waals surface area contributed by atoms with Crippen molar-refractivity contribution in [2.24, 2.45) is 0 Å². The van der Waals surface area contributed by atoms with Gasteiger partial charge in [-0.2, -0.15) is 9.57 Å². The van der Waals surface area contributed by atoms with Gasteiger partial charge in [0, 0.05) is 30.8 Å². The van der Waals surface area contributed by atoms with Gasteiger partial charge in [-0.3, -0.25) is 4.57 Å². The van der Waals surface area contributed by atoms with Gasteiger partial charge in [0.2, 0.25) is 10.0 Å². The molecule has 11 heteroatoms. The number of aromatic nitrogens is 3. The van der Waals surface area contributed by atoms with E-state index < -0.39 is 10.0 Å². The average molecular weight is 488 g/mol. The van der Waals surface area contributed by atoms with Crippen molar-refractivity contribution in [3.05, 3.63) is 59.9 Å². The minimum Gasteiger partial charge on any atom is -0.379 e. The van der Waals surface area contributed by atoms with Gasteiger partial charge in [-0.1, -0.05) is 36.0 Å². The van der Waals surface area contributed by atoms with Gasteiger partial charge >= 0.3 is 0 Å². The van der Waals surface area contributed by atoms with Crippen LogP contribution in [0.5, 0.6) is 0 Å². The quantitative estimate of drug-likeness (QED) is 0.355. The van der Waals surface area contributed by atoms with Crippen LogP contribution in [0.3, 0.4) is 0 Å². The predicted octanol–water partition coefficient (Wildman–Crippen LogP) is 3.16. The number of nitriles is 1. The number of rotatable bonds is 8.